The Balaban J connectivity index is 1.71. The number of aryl methyl sites for hydroxylation is 1. The minimum atomic E-state index is 0.0828. The first-order valence-electron chi connectivity index (χ1n) is 10.3. The van der Waals surface area contributed by atoms with E-state index in [1.165, 1.54) is 16.8 Å². The zero-order valence-electron chi connectivity index (χ0n) is 16.4. The van der Waals surface area contributed by atoms with Crippen molar-refractivity contribution in [2.75, 3.05) is 0 Å². The maximum atomic E-state index is 13.6. The lowest BCUT2D eigenvalue weighted by molar-refractivity contribution is 0.657. The number of aromatic nitrogens is 2. The Kier molecular flexibility index (Phi) is 4.65. The van der Waals surface area contributed by atoms with E-state index >= 15 is 0 Å². The molecule has 1 aromatic heterocycles. The predicted octanol–water partition coefficient (Wildman–Crippen LogP) is 4.90. The summed E-state index contributed by atoms with van der Waals surface area (Å²) in [7, 11) is 0. The van der Waals surface area contributed by atoms with E-state index in [4.69, 9.17) is 0 Å². The lowest BCUT2D eigenvalue weighted by atomic mass is 10.0. The van der Waals surface area contributed by atoms with Crippen molar-refractivity contribution in [3.63, 3.8) is 0 Å². The van der Waals surface area contributed by atoms with Crippen LogP contribution >= 0.6 is 0 Å². The number of imidazole rings is 1. The highest BCUT2D eigenvalue weighted by Gasteiger charge is 2.25. The molecule has 0 bridgehead atoms. The zero-order valence-corrected chi connectivity index (χ0v) is 16.4. The van der Waals surface area contributed by atoms with E-state index < -0.39 is 0 Å². The second-order valence-corrected chi connectivity index (χ2v) is 7.73. The maximum absolute atomic E-state index is 13.6. The molecule has 0 fully saturated rings. The summed E-state index contributed by atoms with van der Waals surface area (Å²) in [5.41, 5.74) is 7.20. The van der Waals surface area contributed by atoms with E-state index in [1.54, 1.807) is 0 Å². The van der Waals surface area contributed by atoms with Gasteiger partial charge in [0, 0.05) is 11.3 Å². The van der Waals surface area contributed by atoms with Gasteiger partial charge in [-0.2, -0.15) is 0 Å². The summed E-state index contributed by atoms with van der Waals surface area (Å²) in [6.07, 6.45) is 3.04. The van der Waals surface area contributed by atoms with E-state index in [1.807, 2.05) is 45.5 Å². The van der Waals surface area contributed by atoms with Crippen molar-refractivity contribution in [3.8, 4) is 11.3 Å². The van der Waals surface area contributed by atoms with Gasteiger partial charge in [0.25, 0.3) is 0 Å². The van der Waals surface area contributed by atoms with E-state index in [-0.39, 0.29) is 5.69 Å². The normalized spacial score (nSPS) is 12.8. The molecule has 3 heteroatoms. The van der Waals surface area contributed by atoms with E-state index in [9.17, 15) is 4.79 Å². The molecule has 3 aromatic carbocycles. The average Bonchev–Trinajstić information content (AvgIpc) is 2.91. The quantitative estimate of drug-likeness (QED) is 0.495. The van der Waals surface area contributed by atoms with Gasteiger partial charge in [0.15, 0.2) is 0 Å². The lowest BCUT2D eigenvalue weighted by Gasteiger charge is -2.11. The zero-order chi connectivity index (χ0) is 19.6. The summed E-state index contributed by atoms with van der Waals surface area (Å²) in [5.74, 6) is 0. The Bertz CT molecular complexity index is 1190. The molecule has 0 aliphatic heterocycles. The highest BCUT2D eigenvalue weighted by Crippen LogP contribution is 2.32. The summed E-state index contributed by atoms with van der Waals surface area (Å²) < 4.78 is 3.98. The van der Waals surface area contributed by atoms with E-state index in [0.717, 1.165) is 36.1 Å². The third-order valence-corrected chi connectivity index (χ3v) is 5.83. The van der Waals surface area contributed by atoms with Crippen LogP contribution in [0.3, 0.4) is 0 Å². The van der Waals surface area contributed by atoms with Crippen LogP contribution in [0.25, 0.3) is 11.3 Å². The average molecular weight is 380 g/mol. The molecule has 0 saturated heterocycles. The van der Waals surface area contributed by atoms with Gasteiger partial charge in [-0.05, 0) is 36.0 Å². The standard InChI is InChI=1S/C26H24N2O/c29-26-27(18-20-10-3-1-4-11-20)24-17-9-15-22-14-7-8-16-23(22)25(24)28(26)19-21-12-5-2-6-13-21/h1-8,10-14,16H,9,15,17-19H2. The van der Waals surface area contributed by atoms with Crippen LogP contribution in [0.2, 0.25) is 0 Å². The molecule has 0 saturated carbocycles. The van der Waals surface area contributed by atoms with Crippen LogP contribution in [-0.4, -0.2) is 9.13 Å². The molecule has 29 heavy (non-hydrogen) atoms. The molecule has 0 spiro atoms. The van der Waals surface area contributed by atoms with Crippen molar-refractivity contribution in [1.29, 1.82) is 0 Å². The second-order valence-electron chi connectivity index (χ2n) is 7.73. The molecule has 0 unspecified atom stereocenters. The maximum Gasteiger partial charge on any atom is 0.329 e. The van der Waals surface area contributed by atoms with Gasteiger partial charge in [-0.25, -0.2) is 4.79 Å². The molecule has 1 heterocycles. The first-order valence-corrected chi connectivity index (χ1v) is 10.3. The van der Waals surface area contributed by atoms with Gasteiger partial charge in [0.1, 0.15) is 0 Å². The monoisotopic (exact) mass is 380 g/mol. The molecule has 0 amide bonds. The van der Waals surface area contributed by atoms with E-state index in [0.29, 0.717) is 13.1 Å². The summed E-state index contributed by atoms with van der Waals surface area (Å²) >= 11 is 0. The first-order chi connectivity index (χ1) is 14.3. The third kappa shape index (κ3) is 3.33. The molecule has 1 aliphatic carbocycles. The van der Waals surface area contributed by atoms with Crippen LogP contribution < -0.4 is 5.69 Å². The van der Waals surface area contributed by atoms with Crippen molar-refractivity contribution in [3.05, 3.63) is 118 Å². The summed E-state index contributed by atoms with van der Waals surface area (Å²) in [6.45, 7) is 1.21. The van der Waals surface area contributed by atoms with Crippen LogP contribution in [-0.2, 0) is 25.9 Å². The van der Waals surface area contributed by atoms with Gasteiger partial charge in [-0.15, -0.1) is 0 Å². The van der Waals surface area contributed by atoms with Gasteiger partial charge in [0.05, 0.1) is 18.8 Å². The Morgan fingerprint density at radius 1 is 0.655 bits per heavy atom. The first kappa shape index (κ1) is 17.7. The highest BCUT2D eigenvalue weighted by molar-refractivity contribution is 5.68. The fourth-order valence-electron chi connectivity index (χ4n) is 4.45. The molecule has 5 rings (SSSR count). The SMILES string of the molecule is O=c1n(Cc2ccccc2)c2c(n1Cc1ccccc1)-c1ccccc1CCC2. The number of benzene rings is 3. The summed E-state index contributed by atoms with van der Waals surface area (Å²) in [6, 6.07) is 29.1. The van der Waals surface area contributed by atoms with Gasteiger partial charge in [-0.3, -0.25) is 9.13 Å². The van der Waals surface area contributed by atoms with Gasteiger partial charge in [-0.1, -0.05) is 84.9 Å². The highest BCUT2D eigenvalue weighted by atomic mass is 16.1. The number of hydrogen-bond donors (Lipinski definition) is 0. The minimum Gasteiger partial charge on any atom is -0.291 e. The molecule has 1 aliphatic rings. The van der Waals surface area contributed by atoms with Gasteiger partial charge < -0.3 is 0 Å². The van der Waals surface area contributed by atoms with Crippen molar-refractivity contribution in [2.45, 2.75) is 32.4 Å². The molecule has 4 aromatic rings. The molecular formula is C26H24N2O. The molecule has 0 atom stereocenters. The fraction of sp³-hybridized carbons (Fsp3) is 0.192. The largest absolute Gasteiger partial charge is 0.329 e. The van der Waals surface area contributed by atoms with Crippen LogP contribution in [0.1, 0.15) is 28.8 Å². The number of nitrogens with zero attached hydrogens (tertiary/aromatic N) is 2. The molecule has 3 nitrogen and oxygen atoms in total. The van der Waals surface area contributed by atoms with Gasteiger partial charge >= 0.3 is 5.69 Å². The Labute approximate surface area is 170 Å². The lowest BCUT2D eigenvalue weighted by Crippen LogP contribution is -2.26. The van der Waals surface area contributed by atoms with Gasteiger partial charge in [0.2, 0.25) is 0 Å². The number of rotatable bonds is 4. The summed E-state index contributed by atoms with van der Waals surface area (Å²) in [5, 5.41) is 0. The predicted molar refractivity (Wildman–Crippen MR) is 117 cm³/mol. The van der Waals surface area contributed by atoms with Crippen LogP contribution in [0.4, 0.5) is 0 Å². The molecule has 144 valence electrons. The van der Waals surface area contributed by atoms with Crippen LogP contribution in [0.5, 0.6) is 0 Å². The van der Waals surface area contributed by atoms with Crippen molar-refractivity contribution < 1.29 is 0 Å². The smallest absolute Gasteiger partial charge is 0.291 e. The van der Waals surface area contributed by atoms with Crippen LogP contribution in [0.15, 0.2) is 89.7 Å². The third-order valence-electron chi connectivity index (χ3n) is 5.83. The second kappa shape index (κ2) is 7.59. The van der Waals surface area contributed by atoms with E-state index in [2.05, 4.69) is 48.5 Å². The van der Waals surface area contributed by atoms with Crippen LogP contribution in [0, 0.1) is 0 Å². The number of fused-ring (bicyclic) bond motifs is 3. The van der Waals surface area contributed by atoms with Crippen molar-refractivity contribution >= 4 is 0 Å². The molecular weight excluding hydrogens is 356 g/mol. The minimum absolute atomic E-state index is 0.0828. The molecule has 0 N–H and O–H groups in total. The molecule has 0 radical (unpaired) electrons. The van der Waals surface area contributed by atoms with Crippen molar-refractivity contribution in [2.24, 2.45) is 0 Å². The summed E-state index contributed by atoms with van der Waals surface area (Å²) in [4.78, 5) is 13.6. The Morgan fingerprint density at radius 2 is 1.24 bits per heavy atom. The Hall–Kier alpha value is -3.33. The Morgan fingerprint density at radius 3 is 1.93 bits per heavy atom. The topological polar surface area (TPSA) is 26.9 Å². The fourth-order valence-corrected chi connectivity index (χ4v) is 4.45. The van der Waals surface area contributed by atoms with Crippen molar-refractivity contribution in [1.82, 2.24) is 9.13 Å². The number of hydrogen-bond acceptors (Lipinski definition) is 1.